The standard InChI is InChI=1S/C20H21N5O3/c1-15-11-23-18(13-22-15)20(27)25(14-17-6-4-10-28-17)9-7-19(26)24-12-16-5-2-3-8-21-16/h2-6,8,10-11,13H,7,9,12,14H2,1H3,(H,24,26). The molecule has 0 aliphatic rings. The van der Waals surface area contributed by atoms with Gasteiger partial charge in [0.05, 0.1) is 36.9 Å². The fourth-order valence-electron chi connectivity index (χ4n) is 2.52. The molecule has 0 aromatic carbocycles. The highest BCUT2D eigenvalue weighted by Crippen LogP contribution is 2.10. The largest absolute Gasteiger partial charge is 0.467 e. The minimum atomic E-state index is -0.304. The highest BCUT2D eigenvalue weighted by molar-refractivity contribution is 5.92. The van der Waals surface area contributed by atoms with Gasteiger partial charge >= 0.3 is 0 Å². The van der Waals surface area contributed by atoms with Gasteiger partial charge in [-0.1, -0.05) is 6.07 Å². The second kappa shape index (κ2) is 9.40. The Kier molecular flexibility index (Phi) is 6.46. The van der Waals surface area contributed by atoms with Gasteiger partial charge in [0.1, 0.15) is 11.5 Å². The quantitative estimate of drug-likeness (QED) is 0.643. The maximum atomic E-state index is 12.8. The number of hydrogen-bond acceptors (Lipinski definition) is 6. The molecule has 0 atom stereocenters. The molecule has 0 aliphatic carbocycles. The Hall–Kier alpha value is -3.55. The molecule has 0 radical (unpaired) electrons. The monoisotopic (exact) mass is 379 g/mol. The van der Waals surface area contributed by atoms with Gasteiger partial charge in [-0.3, -0.25) is 19.6 Å². The van der Waals surface area contributed by atoms with Crippen LogP contribution in [-0.4, -0.2) is 38.2 Å². The number of furan rings is 1. The molecule has 144 valence electrons. The van der Waals surface area contributed by atoms with Crippen molar-refractivity contribution in [3.8, 4) is 0 Å². The summed E-state index contributed by atoms with van der Waals surface area (Å²) in [6, 6.07) is 9.05. The SMILES string of the molecule is Cc1cnc(C(=O)N(CCC(=O)NCc2ccccn2)Cc2ccco2)cn1. The molecular formula is C20H21N5O3. The molecule has 0 saturated carbocycles. The van der Waals surface area contributed by atoms with Gasteiger partial charge in [0.25, 0.3) is 5.91 Å². The number of rotatable bonds is 8. The molecule has 3 rings (SSSR count). The normalized spacial score (nSPS) is 10.5. The zero-order valence-electron chi connectivity index (χ0n) is 15.5. The maximum absolute atomic E-state index is 12.8. The first-order valence-electron chi connectivity index (χ1n) is 8.89. The Bertz CT molecular complexity index is 895. The van der Waals surface area contributed by atoms with Crippen LogP contribution in [0.25, 0.3) is 0 Å². The summed E-state index contributed by atoms with van der Waals surface area (Å²) < 4.78 is 5.34. The van der Waals surface area contributed by atoms with Crippen molar-refractivity contribution in [2.24, 2.45) is 0 Å². The number of pyridine rings is 1. The van der Waals surface area contributed by atoms with Crippen LogP contribution < -0.4 is 5.32 Å². The predicted octanol–water partition coefficient (Wildman–Crippen LogP) is 2.12. The van der Waals surface area contributed by atoms with E-state index in [0.717, 1.165) is 11.4 Å². The first-order chi connectivity index (χ1) is 13.6. The average molecular weight is 379 g/mol. The van der Waals surface area contributed by atoms with Crippen LogP contribution >= 0.6 is 0 Å². The van der Waals surface area contributed by atoms with Crippen molar-refractivity contribution < 1.29 is 14.0 Å². The first kappa shape index (κ1) is 19.2. The van der Waals surface area contributed by atoms with Crippen LogP contribution in [0.5, 0.6) is 0 Å². The average Bonchev–Trinajstić information content (AvgIpc) is 3.23. The zero-order valence-corrected chi connectivity index (χ0v) is 15.5. The van der Waals surface area contributed by atoms with Gasteiger partial charge in [0.2, 0.25) is 5.91 Å². The molecule has 3 aromatic rings. The summed E-state index contributed by atoms with van der Waals surface area (Å²) in [5.41, 5.74) is 1.73. The molecule has 0 saturated heterocycles. The van der Waals surface area contributed by atoms with E-state index in [-0.39, 0.29) is 37.0 Å². The maximum Gasteiger partial charge on any atom is 0.274 e. The van der Waals surface area contributed by atoms with Crippen molar-refractivity contribution >= 4 is 11.8 Å². The lowest BCUT2D eigenvalue weighted by molar-refractivity contribution is -0.121. The molecule has 0 fully saturated rings. The fraction of sp³-hybridized carbons (Fsp3) is 0.250. The van der Waals surface area contributed by atoms with E-state index in [9.17, 15) is 9.59 Å². The summed E-state index contributed by atoms with van der Waals surface area (Å²) in [5, 5.41) is 2.81. The van der Waals surface area contributed by atoms with Gasteiger partial charge in [-0.25, -0.2) is 4.98 Å². The minimum Gasteiger partial charge on any atom is -0.467 e. The lowest BCUT2D eigenvalue weighted by Gasteiger charge is -2.21. The first-order valence-corrected chi connectivity index (χ1v) is 8.89. The molecule has 8 nitrogen and oxygen atoms in total. The van der Waals surface area contributed by atoms with Crippen molar-refractivity contribution in [2.75, 3.05) is 6.54 Å². The summed E-state index contributed by atoms with van der Waals surface area (Å²) >= 11 is 0. The van der Waals surface area contributed by atoms with Crippen molar-refractivity contribution in [1.29, 1.82) is 0 Å². The lowest BCUT2D eigenvalue weighted by atomic mass is 10.2. The number of nitrogens with zero attached hydrogens (tertiary/aromatic N) is 4. The number of aryl methyl sites for hydroxylation is 1. The van der Waals surface area contributed by atoms with Gasteiger partial charge in [-0.15, -0.1) is 0 Å². The van der Waals surface area contributed by atoms with Gasteiger partial charge in [-0.2, -0.15) is 0 Å². The van der Waals surface area contributed by atoms with Crippen LogP contribution in [0.3, 0.4) is 0 Å². The molecular weight excluding hydrogens is 358 g/mol. The van der Waals surface area contributed by atoms with E-state index >= 15 is 0 Å². The number of amides is 2. The van der Waals surface area contributed by atoms with Crippen molar-refractivity contribution in [3.05, 3.63) is 78.0 Å². The van der Waals surface area contributed by atoms with Crippen molar-refractivity contribution in [3.63, 3.8) is 0 Å². The van der Waals surface area contributed by atoms with Crippen molar-refractivity contribution in [1.82, 2.24) is 25.2 Å². The third-order valence-electron chi connectivity index (χ3n) is 4.02. The number of aromatic nitrogens is 3. The van der Waals surface area contributed by atoms with E-state index < -0.39 is 0 Å². The Morgan fingerprint density at radius 2 is 2.00 bits per heavy atom. The number of nitrogens with one attached hydrogen (secondary N) is 1. The van der Waals surface area contributed by atoms with Crippen molar-refractivity contribution in [2.45, 2.75) is 26.4 Å². The Labute approximate surface area is 162 Å². The molecule has 2 amide bonds. The summed E-state index contributed by atoms with van der Waals surface area (Å²) in [7, 11) is 0. The fourth-order valence-corrected chi connectivity index (χ4v) is 2.52. The summed E-state index contributed by atoms with van der Waals surface area (Å²) in [4.78, 5) is 39.0. The number of carbonyl (C=O) groups excluding carboxylic acids is 2. The van der Waals surface area contributed by atoms with Crippen LogP contribution in [-0.2, 0) is 17.9 Å². The highest BCUT2D eigenvalue weighted by Gasteiger charge is 2.20. The van der Waals surface area contributed by atoms with Gasteiger partial charge in [0, 0.05) is 25.4 Å². The summed E-state index contributed by atoms with van der Waals surface area (Å²) in [6.45, 7) is 2.61. The molecule has 3 aromatic heterocycles. The zero-order chi connectivity index (χ0) is 19.8. The molecule has 0 unspecified atom stereocenters. The molecule has 1 N–H and O–H groups in total. The third kappa shape index (κ3) is 5.47. The van der Waals surface area contributed by atoms with Gasteiger partial charge in [0.15, 0.2) is 0 Å². The third-order valence-corrected chi connectivity index (χ3v) is 4.02. The lowest BCUT2D eigenvalue weighted by Crippen LogP contribution is -2.35. The Morgan fingerprint density at radius 1 is 1.11 bits per heavy atom. The van der Waals surface area contributed by atoms with Crippen LogP contribution in [0.2, 0.25) is 0 Å². The smallest absolute Gasteiger partial charge is 0.274 e. The molecule has 8 heteroatoms. The van der Waals surface area contributed by atoms with Crippen LogP contribution in [0, 0.1) is 6.92 Å². The van der Waals surface area contributed by atoms with Crippen LogP contribution in [0.1, 0.15) is 34.1 Å². The van der Waals surface area contributed by atoms with E-state index in [1.807, 2.05) is 18.2 Å². The summed E-state index contributed by atoms with van der Waals surface area (Å²) in [5.74, 6) is 0.154. The van der Waals surface area contributed by atoms with Gasteiger partial charge < -0.3 is 14.6 Å². The van der Waals surface area contributed by atoms with E-state index in [1.165, 1.54) is 17.3 Å². The molecule has 3 heterocycles. The van der Waals surface area contributed by atoms with Gasteiger partial charge in [-0.05, 0) is 31.2 Å². The summed E-state index contributed by atoms with van der Waals surface area (Å²) in [6.07, 6.45) is 6.35. The molecule has 0 bridgehead atoms. The van der Waals surface area contributed by atoms with E-state index in [0.29, 0.717) is 12.3 Å². The number of hydrogen-bond donors (Lipinski definition) is 1. The Morgan fingerprint density at radius 3 is 2.68 bits per heavy atom. The topological polar surface area (TPSA) is 101 Å². The Balaban J connectivity index is 1.61. The molecule has 0 aliphatic heterocycles. The van der Waals surface area contributed by atoms with E-state index in [1.54, 1.807) is 31.5 Å². The predicted molar refractivity (Wildman–Crippen MR) is 101 cm³/mol. The molecule has 0 spiro atoms. The highest BCUT2D eigenvalue weighted by atomic mass is 16.3. The van der Waals surface area contributed by atoms with Crippen LogP contribution in [0.15, 0.2) is 59.6 Å². The number of carbonyl (C=O) groups is 2. The minimum absolute atomic E-state index is 0.151. The van der Waals surface area contributed by atoms with E-state index in [4.69, 9.17) is 4.42 Å². The molecule has 28 heavy (non-hydrogen) atoms. The van der Waals surface area contributed by atoms with Crippen LogP contribution in [0.4, 0.5) is 0 Å². The second-order valence-corrected chi connectivity index (χ2v) is 6.20. The second-order valence-electron chi connectivity index (χ2n) is 6.20. The van der Waals surface area contributed by atoms with E-state index in [2.05, 4.69) is 20.3 Å².